The van der Waals surface area contributed by atoms with E-state index < -0.39 is 0 Å². The van der Waals surface area contributed by atoms with Crippen molar-refractivity contribution < 1.29 is 4.74 Å². The second-order valence-corrected chi connectivity index (χ2v) is 5.82. The zero-order valence-electron chi connectivity index (χ0n) is 7.78. The van der Waals surface area contributed by atoms with Crippen LogP contribution in [0, 0.1) is 29.1 Å². The lowest BCUT2D eigenvalue weighted by molar-refractivity contribution is -0.00926. The summed E-state index contributed by atoms with van der Waals surface area (Å²) in [6.07, 6.45) is 2.23. The Morgan fingerprint density at radius 3 is 3.23 bits per heavy atom. The molecule has 7 rings (SSSR count). The monoisotopic (exact) mass is 177 g/mol. The molecule has 0 aromatic rings. The fourth-order valence-corrected chi connectivity index (χ4v) is 5.57. The average molecular weight is 177 g/mol. The zero-order chi connectivity index (χ0) is 8.21. The van der Waals surface area contributed by atoms with Gasteiger partial charge in [-0.1, -0.05) is 0 Å². The first-order valence-corrected chi connectivity index (χ1v) is 5.75. The molecule has 4 saturated carbocycles. The first-order chi connectivity index (χ1) is 6.41. The molecular weight excluding hydrogens is 162 g/mol. The van der Waals surface area contributed by atoms with Gasteiger partial charge in [0.25, 0.3) is 0 Å². The molecule has 2 heteroatoms. The molecule has 0 amide bonds. The van der Waals surface area contributed by atoms with Crippen LogP contribution in [0.4, 0.5) is 0 Å². The third-order valence-corrected chi connectivity index (χ3v) is 5.81. The van der Waals surface area contributed by atoms with Crippen LogP contribution < -0.4 is 0 Å². The number of nitrogens with zero attached hydrogens (tertiary/aromatic N) is 1. The number of rotatable bonds is 0. The van der Waals surface area contributed by atoms with E-state index >= 15 is 0 Å². The molecule has 7 fully saturated rings. The third kappa shape index (κ3) is 0.452. The molecule has 7 aliphatic rings. The third-order valence-electron chi connectivity index (χ3n) is 5.81. The van der Waals surface area contributed by atoms with Gasteiger partial charge in [0, 0.05) is 19.6 Å². The van der Waals surface area contributed by atoms with Crippen molar-refractivity contribution in [2.45, 2.75) is 12.5 Å². The lowest BCUT2D eigenvalue weighted by Crippen LogP contribution is -2.35. The maximum atomic E-state index is 6.04. The van der Waals surface area contributed by atoms with Gasteiger partial charge in [0.2, 0.25) is 0 Å². The SMILES string of the molecule is C1CN2CC3[C@H]4C[C@@H]5C([C@H]4O1)C35C2. The highest BCUT2D eigenvalue weighted by Gasteiger charge is 2.85. The van der Waals surface area contributed by atoms with Crippen molar-refractivity contribution in [3.63, 3.8) is 0 Å². The first kappa shape index (κ1) is 6.41. The Labute approximate surface area is 78.2 Å². The van der Waals surface area contributed by atoms with Crippen molar-refractivity contribution in [3.8, 4) is 0 Å². The van der Waals surface area contributed by atoms with Gasteiger partial charge in [-0.15, -0.1) is 0 Å². The van der Waals surface area contributed by atoms with E-state index in [1.165, 1.54) is 26.1 Å². The van der Waals surface area contributed by atoms with Crippen LogP contribution in [-0.4, -0.2) is 37.2 Å². The van der Waals surface area contributed by atoms with Crippen molar-refractivity contribution in [1.82, 2.24) is 4.90 Å². The molecule has 4 aliphatic carbocycles. The van der Waals surface area contributed by atoms with Crippen molar-refractivity contribution in [1.29, 1.82) is 0 Å². The van der Waals surface area contributed by atoms with E-state index in [0.29, 0.717) is 6.10 Å². The highest BCUT2D eigenvalue weighted by molar-refractivity contribution is 5.33. The molecule has 70 valence electrons. The number of ether oxygens (including phenoxy) is 1. The normalized spacial score (nSPS) is 75.7. The fourth-order valence-electron chi connectivity index (χ4n) is 5.57. The van der Waals surface area contributed by atoms with E-state index in [1.54, 1.807) is 0 Å². The van der Waals surface area contributed by atoms with Crippen LogP contribution in [0.3, 0.4) is 0 Å². The summed E-state index contributed by atoms with van der Waals surface area (Å²) < 4.78 is 6.04. The summed E-state index contributed by atoms with van der Waals surface area (Å²) in [5.74, 6) is 4.12. The second kappa shape index (κ2) is 1.59. The summed E-state index contributed by atoms with van der Waals surface area (Å²) in [5, 5.41) is 0. The Balaban J connectivity index is 1.74. The van der Waals surface area contributed by atoms with Crippen LogP contribution in [0.2, 0.25) is 0 Å². The molecule has 3 heterocycles. The number of hydrogen-bond acceptors (Lipinski definition) is 2. The van der Waals surface area contributed by atoms with Gasteiger partial charge in [-0.05, 0) is 35.5 Å². The summed E-state index contributed by atoms with van der Waals surface area (Å²) in [7, 11) is 0. The predicted octanol–water partition coefficient (Wildman–Crippen LogP) is 0.583. The predicted molar refractivity (Wildman–Crippen MR) is 47.2 cm³/mol. The Hall–Kier alpha value is -0.0800. The van der Waals surface area contributed by atoms with Crippen molar-refractivity contribution in [3.05, 3.63) is 0 Å². The van der Waals surface area contributed by atoms with Gasteiger partial charge in [0.15, 0.2) is 0 Å². The van der Waals surface area contributed by atoms with E-state index in [4.69, 9.17) is 4.74 Å². The summed E-state index contributed by atoms with van der Waals surface area (Å²) in [4.78, 5) is 2.67. The summed E-state index contributed by atoms with van der Waals surface area (Å²) >= 11 is 0. The topological polar surface area (TPSA) is 12.5 Å². The van der Waals surface area contributed by atoms with Gasteiger partial charge >= 0.3 is 0 Å². The standard InChI is InChI=1S/C11H15NO/c1-2-13-10-6-3-7-9(10)11(7)5-12(1)4-8(6)11/h6-10H,1-5H2/t6-,7-,8?,9?,10+,11?/m1/s1. The van der Waals surface area contributed by atoms with Gasteiger partial charge in [-0.25, -0.2) is 0 Å². The van der Waals surface area contributed by atoms with Gasteiger partial charge < -0.3 is 9.64 Å². The lowest BCUT2D eigenvalue weighted by atomic mass is 9.93. The van der Waals surface area contributed by atoms with Gasteiger partial charge in [0.1, 0.15) is 0 Å². The minimum absolute atomic E-state index is 0.706. The molecule has 2 nitrogen and oxygen atoms in total. The number of hydrogen-bond donors (Lipinski definition) is 0. The van der Waals surface area contributed by atoms with E-state index in [1.807, 2.05) is 0 Å². The summed E-state index contributed by atoms with van der Waals surface area (Å²) in [6, 6.07) is 0. The minimum atomic E-state index is 0.706. The van der Waals surface area contributed by atoms with Crippen LogP contribution >= 0.6 is 0 Å². The maximum absolute atomic E-state index is 6.04. The van der Waals surface area contributed by atoms with Gasteiger partial charge in [-0.3, -0.25) is 0 Å². The van der Waals surface area contributed by atoms with Crippen LogP contribution in [0.15, 0.2) is 0 Å². The van der Waals surface area contributed by atoms with E-state index in [0.717, 1.165) is 35.7 Å². The average Bonchev–Trinajstić information content (AvgIpc) is 2.49. The smallest absolute Gasteiger partial charge is 0.0644 e. The molecule has 7 bridgehead atoms. The minimum Gasteiger partial charge on any atom is -0.376 e. The van der Waals surface area contributed by atoms with Crippen molar-refractivity contribution >= 4 is 0 Å². The molecule has 1 spiro atoms. The Morgan fingerprint density at radius 1 is 1.31 bits per heavy atom. The molecule has 13 heavy (non-hydrogen) atoms. The van der Waals surface area contributed by atoms with Gasteiger partial charge in [-0.2, -0.15) is 0 Å². The van der Waals surface area contributed by atoms with Crippen LogP contribution in [0.5, 0.6) is 0 Å². The molecule has 0 N–H and O–H groups in total. The zero-order valence-corrected chi connectivity index (χ0v) is 7.78. The molecule has 0 aromatic heterocycles. The molecule has 3 aliphatic heterocycles. The van der Waals surface area contributed by atoms with Crippen LogP contribution in [0.1, 0.15) is 6.42 Å². The van der Waals surface area contributed by atoms with Gasteiger partial charge in [0.05, 0.1) is 12.7 Å². The highest BCUT2D eigenvalue weighted by Crippen LogP contribution is 2.84. The molecule has 0 radical (unpaired) electrons. The van der Waals surface area contributed by atoms with E-state index in [2.05, 4.69) is 4.90 Å². The molecule has 3 saturated heterocycles. The van der Waals surface area contributed by atoms with Crippen molar-refractivity contribution in [2.75, 3.05) is 26.2 Å². The largest absolute Gasteiger partial charge is 0.376 e. The highest BCUT2D eigenvalue weighted by atomic mass is 16.5. The Morgan fingerprint density at radius 2 is 2.31 bits per heavy atom. The van der Waals surface area contributed by atoms with E-state index in [-0.39, 0.29) is 0 Å². The van der Waals surface area contributed by atoms with Crippen molar-refractivity contribution in [2.24, 2.45) is 29.1 Å². The quantitative estimate of drug-likeness (QED) is 0.537. The van der Waals surface area contributed by atoms with E-state index in [9.17, 15) is 0 Å². The molecular formula is C11H15NO. The molecule has 7 atom stereocenters. The molecule has 0 aromatic carbocycles. The fraction of sp³-hybridized carbons (Fsp3) is 1.00. The lowest BCUT2D eigenvalue weighted by Gasteiger charge is -2.27. The summed E-state index contributed by atoms with van der Waals surface area (Å²) in [5.41, 5.74) is 0.801. The van der Waals surface area contributed by atoms with Crippen LogP contribution in [-0.2, 0) is 4.74 Å². The second-order valence-electron chi connectivity index (χ2n) is 5.82. The number of fused-ring (bicyclic) bond motifs is 2. The summed E-state index contributed by atoms with van der Waals surface area (Å²) in [6.45, 7) is 5.06. The first-order valence-electron chi connectivity index (χ1n) is 5.75. The van der Waals surface area contributed by atoms with Crippen LogP contribution in [0.25, 0.3) is 0 Å². The Kier molecular flexibility index (Phi) is 0.783. The maximum Gasteiger partial charge on any atom is 0.0644 e. The molecule has 4 unspecified atom stereocenters. The Bertz CT molecular complexity index is 302.